The molecule has 0 spiro atoms. The van der Waals surface area contributed by atoms with E-state index in [-0.39, 0.29) is 22.8 Å². The fourth-order valence-corrected chi connectivity index (χ4v) is 8.16. The van der Waals surface area contributed by atoms with E-state index in [4.69, 9.17) is 9.73 Å². The van der Waals surface area contributed by atoms with E-state index in [1.807, 2.05) is 13.8 Å². The minimum absolute atomic E-state index is 0.143. The first-order valence-corrected chi connectivity index (χ1v) is 12.9. The lowest BCUT2D eigenvalue weighted by Crippen LogP contribution is -2.65. The zero-order valence-corrected chi connectivity index (χ0v) is 20.2. The van der Waals surface area contributed by atoms with Gasteiger partial charge < -0.3 is 9.84 Å². The minimum Gasteiger partial charge on any atom is -0.390 e. The summed E-state index contributed by atoms with van der Waals surface area (Å²) < 4.78 is 6.13. The molecule has 0 unspecified atom stereocenters. The van der Waals surface area contributed by atoms with Crippen LogP contribution in [-0.2, 0) is 11.3 Å². The van der Waals surface area contributed by atoms with E-state index in [1.165, 1.54) is 31.2 Å². The number of nitrogens with zero attached hydrogens (tertiary/aromatic N) is 1. The summed E-state index contributed by atoms with van der Waals surface area (Å²) in [7, 11) is 0. The molecule has 2 fully saturated rings. The number of ether oxygens (including phenoxy) is 1. The second kappa shape index (κ2) is 8.40. The van der Waals surface area contributed by atoms with Crippen molar-refractivity contribution >= 4 is 6.21 Å². The number of hydrogen-bond donors (Lipinski definition) is 1. The first-order valence-electron chi connectivity index (χ1n) is 12.9. The Bertz CT molecular complexity index is 869. The highest BCUT2D eigenvalue weighted by Gasteiger charge is 2.67. The van der Waals surface area contributed by atoms with Crippen molar-refractivity contribution in [3.05, 3.63) is 47.5 Å². The van der Waals surface area contributed by atoms with Gasteiger partial charge in [0.25, 0.3) is 0 Å². The second-order valence-electron chi connectivity index (χ2n) is 11.7. The fraction of sp³-hybridized carbons (Fsp3) is 0.690. The first kappa shape index (κ1) is 22.3. The summed E-state index contributed by atoms with van der Waals surface area (Å²) in [6.45, 7) is 8.10. The molecule has 0 radical (unpaired) electrons. The zero-order valence-electron chi connectivity index (χ0n) is 20.2. The van der Waals surface area contributed by atoms with E-state index < -0.39 is 5.60 Å². The summed E-state index contributed by atoms with van der Waals surface area (Å²) in [5, 5.41) is 11.2. The predicted octanol–water partition coefficient (Wildman–Crippen LogP) is 6.36. The minimum atomic E-state index is -0.693. The highest BCUT2D eigenvalue weighted by molar-refractivity contribution is 5.66. The fourth-order valence-electron chi connectivity index (χ4n) is 8.16. The Morgan fingerprint density at radius 1 is 1.19 bits per heavy atom. The van der Waals surface area contributed by atoms with Crippen molar-refractivity contribution in [2.24, 2.45) is 33.6 Å². The molecule has 0 aromatic heterocycles. The standard InChI is InChI=1S/C29H41NO2/c1-27(2,31)25-15-17-28(3)23-14-13-22-11-7-12-24(22)29(28,26(25)30-19-23)16-8-18-32-20-21-9-5-4-6-10-21/h4-6,9-10,13,19,23-26,31H,7-8,11-12,14-18,20H2,1-3H3/t23-,24-,25+,26-,28+,29+/m1/s1. The Morgan fingerprint density at radius 3 is 2.78 bits per heavy atom. The van der Waals surface area contributed by atoms with Gasteiger partial charge in [-0.2, -0.15) is 0 Å². The summed E-state index contributed by atoms with van der Waals surface area (Å²) in [6.07, 6.45) is 14.4. The van der Waals surface area contributed by atoms with Crippen LogP contribution >= 0.6 is 0 Å². The van der Waals surface area contributed by atoms with E-state index in [0.717, 1.165) is 32.3 Å². The highest BCUT2D eigenvalue weighted by atomic mass is 16.5. The lowest BCUT2D eigenvalue weighted by Gasteiger charge is -2.65. The van der Waals surface area contributed by atoms with Crippen LogP contribution in [-0.4, -0.2) is 29.6 Å². The van der Waals surface area contributed by atoms with Crippen molar-refractivity contribution in [2.75, 3.05) is 6.61 Å². The third kappa shape index (κ3) is 3.51. The van der Waals surface area contributed by atoms with Crippen molar-refractivity contribution in [1.82, 2.24) is 0 Å². The third-order valence-corrected chi connectivity index (χ3v) is 9.75. The molecule has 32 heavy (non-hydrogen) atoms. The van der Waals surface area contributed by atoms with E-state index in [2.05, 4.69) is 49.5 Å². The zero-order chi connectivity index (χ0) is 22.4. The Kier molecular flexibility index (Phi) is 5.87. The van der Waals surface area contributed by atoms with E-state index in [9.17, 15) is 5.11 Å². The summed E-state index contributed by atoms with van der Waals surface area (Å²) in [5.74, 6) is 1.39. The van der Waals surface area contributed by atoms with Gasteiger partial charge in [0.05, 0.1) is 18.2 Å². The molecular weight excluding hydrogens is 394 g/mol. The van der Waals surface area contributed by atoms with Gasteiger partial charge in [0, 0.05) is 30.1 Å². The topological polar surface area (TPSA) is 41.8 Å². The van der Waals surface area contributed by atoms with E-state index in [0.29, 0.717) is 18.4 Å². The predicted molar refractivity (Wildman–Crippen MR) is 131 cm³/mol. The van der Waals surface area contributed by atoms with Crippen LogP contribution < -0.4 is 0 Å². The number of allylic oxidation sites excluding steroid dienone is 2. The van der Waals surface area contributed by atoms with Crippen LogP contribution in [0.5, 0.6) is 0 Å². The molecule has 1 aromatic carbocycles. The van der Waals surface area contributed by atoms with Gasteiger partial charge >= 0.3 is 0 Å². The third-order valence-electron chi connectivity index (χ3n) is 9.75. The quantitative estimate of drug-likeness (QED) is 0.400. The molecule has 3 heteroatoms. The van der Waals surface area contributed by atoms with Gasteiger partial charge in [0.1, 0.15) is 0 Å². The molecule has 1 aromatic rings. The van der Waals surface area contributed by atoms with E-state index >= 15 is 0 Å². The largest absolute Gasteiger partial charge is 0.390 e. The summed E-state index contributed by atoms with van der Waals surface area (Å²) in [5.41, 5.74) is 2.66. The van der Waals surface area contributed by atoms with Crippen molar-refractivity contribution in [3.8, 4) is 0 Å². The van der Waals surface area contributed by atoms with Crippen LogP contribution in [0, 0.1) is 28.6 Å². The molecule has 3 nitrogen and oxygen atoms in total. The maximum Gasteiger partial charge on any atom is 0.0716 e. The van der Waals surface area contributed by atoms with Gasteiger partial charge in [-0.1, -0.05) is 48.9 Å². The molecule has 3 aliphatic carbocycles. The number of fused-ring (bicyclic) bond motifs is 1. The number of rotatable bonds is 7. The number of hydrogen-bond acceptors (Lipinski definition) is 3. The van der Waals surface area contributed by atoms with E-state index in [1.54, 1.807) is 5.57 Å². The second-order valence-corrected chi connectivity index (χ2v) is 11.7. The summed E-state index contributed by atoms with van der Waals surface area (Å²) in [6, 6.07) is 10.7. The number of benzene rings is 1. The number of aliphatic imine (C=N–C) groups is 1. The molecule has 1 N–H and O–H groups in total. The van der Waals surface area contributed by atoms with Crippen molar-refractivity contribution in [2.45, 2.75) is 90.4 Å². The van der Waals surface area contributed by atoms with Crippen molar-refractivity contribution in [3.63, 3.8) is 0 Å². The van der Waals surface area contributed by atoms with Gasteiger partial charge in [-0.25, -0.2) is 0 Å². The van der Waals surface area contributed by atoms with Crippen LogP contribution in [0.25, 0.3) is 0 Å². The van der Waals surface area contributed by atoms with Crippen LogP contribution in [0.15, 0.2) is 47.0 Å². The highest BCUT2D eigenvalue weighted by Crippen LogP contribution is 2.70. The average molecular weight is 436 g/mol. The van der Waals surface area contributed by atoms with Gasteiger partial charge in [-0.05, 0) is 82.1 Å². The lowest BCUT2D eigenvalue weighted by atomic mass is 9.41. The maximum atomic E-state index is 11.2. The van der Waals surface area contributed by atoms with Crippen LogP contribution in [0.3, 0.4) is 0 Å². The molecule has 0 amide bonds. The lowest BCUT2D eigenvalue weighted by molar-refractivity contribution is -0.147. The Morgan fingerprint density at radius 2 is 2.00 bits per heavy atom. The molecule has 1 aliphatic heterocycles. The van der Waals surface area contributed by atoms with Gasteiger partial charge in [0.15, 0.2) is 0 Å². The van der Waals surface area contributed by atoms with Crippen LogP contribution in [0.4, 0.5) is 0 Å². The summed E-state index contributed by atoms with van der Waals surface area (Å²) in [4.78, 5) is 5.31. The maximum absolute atomic E-state index is 11.2. The Labute approximate surface area is 194 Å². The molecule has 174 valence electrons. The average Bonchev–Trinajstić information content (AvgIpc) is 3.21. The van der Waals surface area contributed by atoms with Gasteiger partial charge in [-0.15, -0.1) is 0 Å². The molecule has 4 aliphatic rings. The smallest absolute Gasteiger partial charge is 0.0716 e. The molecule has 0 saturated heterocycles. The van der Waals surface area contributed by atoms with Crippen LogP contribution in [0.2, 0.25) is 0 Å². The number of aliphatic hydroxyl groups is 1. The molecule has 4 bridgehead atoms. The Hall–Kier alpha value is -1.45. The Balaban J connectivity index is 1.43. The van der Waals surface area contributed by atoms with Gasteiger partial charge in [-0.3, -0.25) is 4.99 Å². The molecular formula is C29H41NO2. The molecule has 2 saturated carbocycles. The summed E-state index contributed by atoms with van der Waals surface area (Å²) >= 11 is 0. The molecule has 6 atom stereocenters. The SMILES string of the molecule is CC(C)(O)[C@H]1CC[C@@]2(C)[C@H]3C=N[C@H]1[C@]2(CCCOCc1ccccc1)[C@@H]1CCCC1=CC3. The normalized spacial score (nSPS) is 38.2. The molecule has 1 heterocycles. The van der Waals surface area contributed by atoms with Crippen LogP contribution in [0.1, 0.15) is 77.7 Å². The van der Waals surface area contributed by atoms with Crippen molar-refractivity contribution in [1.29, 1.82) is 0 Å². The van der Waals surface area contributed by atoms with Crippen molar-refractivity contribution < 1.29 is 9.84 Å². The molecule has 5 rings (SSSR count). The monoisotopic (exact) mass is 435 g/mol. The van der Waals surface area contributed by atoms with Gasteiger partial charge in [0.2, 0.25) is 0 Å². The first-order chi connectivity index (χ1) is 15.4.